The summed E-state index contributed by atoms with van der Waals surface area (Å²) in [6.07, 6.45) is 9.81. The lowest BCUT2D eigenvalue weighted by atomic mass is 9.90. The third-order valence-corrected chi connectivity index (χ3v) is 4.88. The Morgan fingerprint density at radius 2 is 1.76 bits per heavy atom. The topological polar surface area (TPSA) is 21.3 Å². The average Bonchev–Trinajstić information content (AvgIpc) is 3.34. The zero-order chi connectivity index (χ0) is 14.5. The highest BCUT2D eigenvalue weighted by molar-refractivity contribution is 5.23. The Bertz CT molecular complexity index is 418. The van der Waals surface area contributed by atoms with Crippen molar-refractivity contribution in [3.8, 4) is 0 Å². The molecule has 0 heterocycles. The van der Waals surface area contributed by atoms with E-state index in [9.17, 15) is 0 Å². The van der Waals surface area contributed by atoms with Gasteiger partial charge in [-0.1, -0.05) is 49.1 Å². The van der Waals surface area contributed by atoms with Gasteiger partial charge >= 0.3 is 0 Å². The second-order valence-electron chi connectivity index (χ2n) is 6.92. The number of nitrogens with one attached hydrogen (secondary N) is 1. The fraction of sp³-hybridized carbons (Fsp3) is 0.684. The van der Waals surface area contributed by atoms with Gasteiger partial charge in [-0.3, -0.25) is 0 Å². The Morgan fingerprint density at radius 1 is 1.05 bits per heavy atom. The van der Waals surface area contributed by atoms with Gasteiger partial charge in [0.1, 0.15) is 0 Å². The summed E-state index contributed by atoms with van der Waals surface area (Å²) >= 11 is 0. The molecule has 0 aliphatic heterocycles. The molecule has 2 heteroatoms. The summed E-state index contributed by atoms with van der Waals surface area (Å²) in [6.45, 7) is 4.04. The van der Waals surface area contributed by atoms with Crippen LogP contribution in [-0.4, -0.2) is 19.2 Å². The second kappa shape index (κ2) is 7.42. The van der Waals surface area contributed by atoms with E-state index in [1.165, 1.54) is 56.1 Å². The lowest BCUT2D eigenvalue weighted by Gasteiger charge is -2.25. The molecular weight excluding hydrogens is 258 g/mol. The molecule has 0 saturated heterocycles. The first-order valence-corrected chi connectivity index (χ1v) is 8.73. The van der Waals surface area contributed by atoms with Crippen LogP contribution in [0.25, 0.3) is 0 Å². The summed E-state index contributed by atoms with van der Waals surface area (Å²) in [5.41, 5.74) is 2.64. The highest BCUT2D eigenvalue weighted by atomic mass is 16.5. The van der Waals surface area contributed by atoms with E-state index in [2.05, 4.69) is 36.5 Å². The second-order valence-corrected chi connectivity index (χ2v) is 6.92. The van der Waals surface area contributed by atoms with E-state index in [-0.39, 0.29) is 6.10 Å². The summed E-state index contributed by atoms with van der Waals surface area (Å²) in [6, 6.07) is 9.61. The molecule has 0 bridgehead atoms. The molecule has 116 valence electrons. The molecule has 0 amide bonds. The maximum Gasteiger partial charge on any atom is 0.0949 e. The van der Waals surface area contributed by atoms with Crippen LogP contribution in [-0.2, 0) is 4.74 Å². The van der Waals surface area contributed by atoms with Crippen molar-refractivity contribution in [3.63, 3.8) is 0 Å². The Balaban J connectivity index is 1.55. The van der Waals surface area contributed by atoms with Crippen LogP contribution in [0.15, 0.2) is 24.3 Å². The van der Waals surface area contributed by atoms with E-state index in [0.717, 1.165) is 25.1 Å². The maximum atomic E-state index is 6.32. The molecule has 2 aliphatic rings. The average molecular weight is 287 g/mol. The van der Waals surface area contributed by atoms with Crippen LogP contribution in [0.1, 0.15) is 62.2 Å². The Kier molecular flexibility index (Phi) is 5.32. The van der Waals surface area contributed by atoms with E-state index < -0.39 is 0 Å². The van der Waals surface area contributed by atoms with Crippen molar-refractivity contribution in [1.29, 1.82) is 0 Å². The van der Waals surface area contributed by atoms with E-state index in [1.807, 2.05) is 0 Å². The molecule has 1 aromatic carbocycles. The number of rotatable bonds is 7. The van der Waals surface area contributed by atoms with Gasteiger partial charge in [-0.2, -0.15) is 0 Å². The molecule has 1 aromatic rings. The number of hydrogen-bond acceptors (Lipinski definition) is 2. The molecule has 0 spiro atoms. The van der Waals surface area contributed by atoms with Crippen LogP contribution in [0.5, 0.6) is 0 Å². The Morgan fingerprint density at radius 3 is 2.43 bits per heavy atom. The molecule has 2 nitrogen and oxygen atoms in total. The first kappa shape index (κ1) is 15.1. The monoisotopic (exact) mass is 287 g/mol. The van der Waals surface area contributed by atoms with Gasteiger partial charge < -0.3 is 10.1 Å². The summed E-state index contributed by atoms with van der Waals surface area (Å²) in [5.74, 6) is 0.785. The van der Waals surface area contributed by atoms with Crippen LogP contribution < -0.4 is 5.32 Å². The standard InChI is InChI=1S/C19H29NO/c1-15-7-9-17(10-8-15)19(13-20-18-11-12-18)21-14-16-5-3-2-4-6-16/h7-10,16,18-20H,2-6,11-14H2,1H3. The largest absolute Gasteiger partial charge is 0.372 e. The molecule has 1 N–H and O–H groups in total. The highest BCUT2D eigenvalue weighted by Gasteiger charge is 2.23. The Labute approximate surface area is 129 Å². The van der Waals surface area contributed by atoms with Crippen LogP contribution in [0.3, 0.4) is 0 Å². The summed E-state index contributed by atoms with van der Waals surface area (Å²) in [4.78, 5) is 0. The van der Waals surface area contributed by atoms with Crippen LogP contribution in [0.2, 0.25) is 0 Å². The van der Waals surface area contributed by atoms with E-state index in [1.54, 1.807) is 0 Å². The van der Waals surface area contributed by atoms with Gasteiger partial charge in [0.2, 0.25) is 0 Å². The van der Waals surface area contributed by atoms with Crippen molar-refractivity contribution < 1.29 is 4.74 Å². The van der Waals surface area contributed by atoms with Crippen molar-refractivity contribution >= 4 is 0 Å². The third-order valence-electron chi connectivity index (χ3n) is 4.88. The van der Waals surface area contributed by atoms with Crippen LogP contribution in [0.4, 0.5) is 0 Å². The first-order chi connectivity index (χ1) is 10.3. The molecule has 1 atom stereocenters. The lowest BCUT2D eigenvalue weighted by Crippen LogP contribution is -2.27. The van der Waals surface area contributed by atoms with Crippen molar-refractivity contribution in [3.05, 3.63) is 35.4 Å². The van der Waals surface area contributed by atoms with Crippen LogP contribution >= 0.6 is 0 Å². The molecule has 3 rings (SSSR count). The molecule has 0 aromatic heterocycles. The van der Waals surface area contributed by atoms with Crippen molar-refractivity contribution in [2.45, 2.75) is 64.0 Å². The molecule has 0 radical (unpaired) electrons. The number of benzene rings is 1. The van der Waals surface area contributed by atoms with Gasteiger partial charge in [-0.05, 0) is 44.1 Å². The molecule has 2 saturated carbocycles. The zero-order valence-electron chi connectivity index (χ0n) is 13.3. The molecule has 1 unspecified atom stereocenters. The fourth-order valence-electron chi connectivity index (χ4n) is 3.22. The minimum atomic E-state index is 0.216. The molecule has 2 aliphatic carbocycles. The minimum absolute atomic E-state index is 0.216. The quantitative estimate of drug-likeness (QED) is 0.803. The van der Waals surface area contributed by atoms with Gasteiger partial charge in [0.15, 0.2) is 0 Å². The van der Waals surface area contributed by atoms with Gasteiger partial charge in [-0.15, -0.1) is 0 Å². The number of hydrogen-bond donors (Lipinski definition) is 1. The first-order valence-electron chi connectivity index (χ1n) is 8.73. The molecule has 2 fully saturated rings. The molecule has 21 heavy (non-hydrogen) atoms. The summed E-state index contributed by atoms with van der Waals surface area (Å²) in [5, 5.41) is 3.63. The van der Waals surface area contributed by atoms with Crippen molar-refractivity contribution in [2.24, 2.45) is 5.92 Å². The Hall–Kier alpha value is -0.860. The van der Waals surface area contributed by atoms with E-state index in [0.29, 0.717) is 0 Å². The van der Waals surface area contributed by atoms with Gasteiger partial charge in [0.05, 0.1) is 12.7 Å². The van der Waals surface area contributed by atoms with Crippen molar-refractivity contribution in [2.75, 3.05) is 13.2 Å². The SMILES string of the molecule is Cc1ccc(C(CNC2CC2)OCC2CCCCC2)cc1. The number of aryl methyl sites for hydroxylation is 1. The zero-order valence-corrected chi connectivity index (χ0v) is 13.3. The van der Waals surface area contributed by atoms with Gasteiger partial charge in [-0.25, -0.2) is 0 Å². The van der Waals surface area contributed by atoms with E-state index >= 15 is 0 Å². The number of ether oxygens (including phenoxy) is 1. The van der Waals surface area contributed by atoms with Crippen LogP contribution in [0, 0.1) is 12.8 Å². The lowest BCUT2D eigenvalue weighted by molar-refractivity contribution is 0.0197. The maximum absolute atomic E-state index is 6.32. The molecular formula is C19H29NO. The smallest absolute Gasteiger partial charge is 0.0949 e. The van der Waals surface area contributed by atoms with Gasteiger partial charge in [0.25, 0.3) is 0 Å². The van der Waals surface area contributed by atoms with E-state index in [4.69, 9.17) is 4.74 Å². The fourth-order valence-corrected chi connectivity index (χ4v) is 3.22. The minimum Gasteiger partial charge on any atom is -0.372 e. The highest BCUT2D eigenvalue weighted by Crippen LogP contribution is 2.27. The summed E-state index contributed by atoms with van der Waals surface area (Å²) < 4.78 is 6.32. The predicted octanol–water partition coefficient (Wildman–Crippen LogP) is 4.39. The van der Waals surface area contributed by atoms with Crippen molar-refractivity contribution in [1.82, 2.24) is 5.32 Å². The van der Waals surface area contributed by atoms with Gasteiger partial charge in [0, 0.05) is 12.6 Å². The normalized spacial score (nSPS) is 21.4. The third kappa shape index (κ3) is 4.82. The predicted molar refractivity (Wildman–Crippen MR) is 87.5 cm³/mol. The summed E-state index contributed by atoms with van der Waals surface area (Å²) in [7, 11) is 0.